The van der Waals surface area contributed by atoms with Crippen LogP contribution in [0.5, 0.6) is 0 Å². The first-order valence-corrected chi connectivity index (χ1v) is 8.30. The summed E-state index contributed by atoms with van der Waals surface area (Å²) in [5, 5.41) is 4.53. The van der Waals surface area contributed by atoms with Crippen molar-refractivity contribution in [1.29, 1.82) is 0 Å². The van der Waals surface area contributed by atoms with Gasteiger partial charge in [0, 0.05) is 23.7 Å². The van der Waals surface area contributed by atoms with E-state index in [1.165, 1.54) is 37.9 Å². The molecule has 110 valence electrons. The van der Waals surface area contributed by atoms with Crippen LogP contribution in [-0.4, -0.2) is 36.6 Å². The van der Waals surface area contributed by atoms with Crippen LogP contribution in [0.25, 0.3) is 0 Å². The zero-order valence-electron chi connectivity index (χ0n) is 12.3. The van der Waals surface area contributed by atoms with Crippen molar-refractivity contribution in [1.82, 2.24) is 10.2 Å². The van der Waals surface area contributed by atoms with Crippen LogP contribution in [0.1, 0.15) is 31.7 Å². The molecule has 0 amide bonds. The molecule has 0 aromatic heterocycles. The van der Waals surface area contributed by atoms with Crippen LogP contribution in [0.2, 0.25) is 5.02 Å². The molecular weight excluding hydrogens is 268 g/mol. The quantitative estimate of drug-likeness (QED) is 0.865. The van der Waals surface area contributed by atoms with E-state index in [-0.39, 0.29) is 0 Å². The van der Waals surface area contributed by atoms with Gasteiger partial charge in [0.1, 0.15) is 0 Å². The van der Waals surface area contributed by atoms with Crippen LogP contribution in [0.15, 0.2) is 24.3 Å². The summed E-state index contributed by atoms with van der Waals surface area (Å²) in [6.07, 6.45) is 5.33. The molecule has 1 aliphatic heterocycles. The number of benzene rings is 1. The Hall–Kier alpha value is -0.570. The Morgan fingerprint density at radius 1 is 1.25 bits per heavy atom. The average molecular weight is 293 g/mol. The standard InChI is InChI=1S/C17H25ClN2/c1-13(10-14-2-4-16(18)5-3-14)19-11-15-8-9-20(12-15)17-6-7-17/h2-5,13,15,17,19H,6-12H2,1H3. The molecule has 2 nitrogen and oxygen atoms in total. The molecule has 2 aliphatic rings. The van der Waals surface area contributed by atoms with Gasteiger partial charge in [0.15, 0.2) is 0 Å². The second-order valence-corrected chi connectivity index (χ2v) is 6.96. The number of hydrogen-bond donors (Lipinski definition) is 1. The summed E-state index contributed by atoms with van der Waals surface area (Å²) in [6.45, 7) is 6.08. The largest absolute Gasteiger partial charge is 0.314 e. The van der Waals surface area contributed by atoms with E-state index in [1.807, 2.05) is 12.1 Å². The SMILES string of the molecule is CC(Cc1ccc(Cl)cc1)NCC1CCN(C2CC2)C1. The van der Waals surface area contributed by atoms with Crippen LogP contribution in [0.4, 0.5) is 0 Å². The normalized spacial score (nSPS) is 25.0. The van der Waals surface area contributed by atoms with Crippen LogP contribution >= 0.6 is 11.6 Å². The van der Waals surface area contributed by atoms with E-state index >= 15 is 0 Å². The number of hydrogen-bond acceptors (Lipinski definition) is 2. The van der Waals surface area contributed by atoms with Gasteiger partial charge in [-0.2, -0.15) is 0 Å². The number of likely N-dealkylation sites (tertiary alicyclic amines) is 1. The van der Waals surface area contributed by atoms with Crippen molar-refractivity contribution in [2.24, 2.45) is 5.92 Å². The molecule has 2 atom stereocenters. The zero-order chi connectivity index (χ0) is 13.9. The number of halogens is 1. The molecule has 0 spiro atoms. The van der Waals surface area contributed by atoms with Gasteiger partial charge in [0.25, 0.3) is 0 Å². The van der Waals surface area contributed by atoms with Gasteiger partial charge in [0.05, 0.1) is 0 Å². The fourth-order valence-electron chi connectivity index (χ4n) is 3.21. The van der Waals surface area contributed by atoms with Crippen LogP contribution in [0, 0.1) is 5.92 Å². The van der Waals surface area contributed by atoms with Crippen molar-refractivity contribution in [3.8, 4) is 0 Å². The van der Waals surface area contributed by atoms with Crippen molar-refractivity contribution < 1.29 is 0 Å². The van der Waals surface area contributed by atoms with Crippen LogP contribution in [0.3, 0.4) is 0 Å². The lowest BCUT2D eigenvalue weighted by molar-refractivity contribution is 0.309. The third kappa shape index (κ3) is 3.97. The number of nitrogens with one attached hydrogen (secondary N) is 1. The van der Waals surface area contributed by atoms with Gasteiger partial charge in [-0.25, -0.2) is 0 Å². The molecule has 2 unspecified atom stereocenters. The lowest BCUT2D eigenvalue weighted by Gasteiger charge is -2.18. The highest BCUT2D eigenvalue weighted by Gasteiger charge is 2.34. The van der Waals surface area contributed by atoms with Gasteiger partial charge in [-0.1, -0.05) is 23.7 Å². The Kier molecular flexibility index (Phi) is 4.65. The van der Waals surface area contributed by atoms with Crippen molar-refractivity contribution in [2.75, 3.05) is 19.6 Å². The number of rotatable bonds is 6. The maximum absolute atomic E-state index is 5.92. The summed E-state index contributed by atoms with van der Waals surface area (Å²) in [4.78, 5) is 2.69. The first-order valence-electron chi connectivity index (χ1n) is 7.92. The topological polar surface area (TPSA) is 15.3 Å². The minimum Gasteiger partial charge on any atom is -0.314 e. The van der Waals surface area contributed by atoms with Gasteiger partial charge in [-0.05, 0) is 69.3 Å². The Labute approximate surface area is 127 Å². The summed E-state index contributed by atoms with van der Waals surface area (Å²) in [7, 11) is 0. The van der Waals surface area contributed by atoms with Gasteiger partial charge < -0.3 is 10.2 Å². The Bertz CT molecular complexity index is 427. The predicted molar refractivity (Wildman–Crippen MR) is 85.3 cm³/mol. The smallest absolute Gasteiger partial charge is 0.0406 e. The molecule has 2 fully saturated rings. The Morgan fingerprint density at radius 3 is 2.70 bits per heavy atom. The highest BCUT2D eigenvalue weighted by molar-refractivity contribution is 6.30. The lowest BCUT2D eigenvalue weighted by atomic mass is 10.1. The Morgan fingerprint density at radius 2 is 2.00 bits per heavy atom. The maximum Gasteiger partial charge on any atom is 0.0406 e. The minimum absolute atomic E-state index is 0.533. The molecule has 1 saturated heterocycles. The summed E-state index contributed by atoms with van der Waals surface area (Å²) < 4.78 is 0. The molecule has 3 heteroatoms. The van der Waals surface area contributed by atoms with E-state index in [1.54, 1.807) is 0 Å². The van der Waals surface area contributed by atoms with E-state index in [4.69, 9.17) is 11.6 Å². The van der Waals surface area contributed by atoms with Crippen LogP contribution < -0.4 is 5.32 Å². The van der Waals surface area contributed by atoms with Crippen LogP contribution in [-0.2, 0) is 6.42 Å². The average Bonchev–Trinajstić information content (AvgIpc) is 3.18. The van der Waals surface area contributed by atoms with Crippen molar-refractivity contribution in [3.05, 3.63) is 34.9 Å². The summed E-state index contributed by atoms with van der Waals surface area (Å²) in [5.41, 5.74) is 1.36. The molecule has 1 aromatic carbocycles. The van der Waals surface area contributed by atoms with E-state index in [0.29, 0.717) is 6.04 Å². The lowest BCUT2D eigenvalue weighted by Crippen LogP contribution is -2.34. The molecule has 3 rings (SSSR count). The van der Waals surface area contributed by atoms with Gasteiger partial charge in [-0.15, -0.1) is 0 Å². The van der Waals surface area contributed by atoms with Gasteiger partial charge >= 0.3 is 0 Å². The van der Waals surface area contributed by atoms with Crippen molar-refractivity contribution in [2.45, 2.75) is 44.7 Å². The minimum atomic E-state index is 0.533. The summed E-state index contributed by atoms with van der Waals surface area (Å²) in [6, 6.07) is 9.69. The fraction of sp³-hybridized carbons (Fsp3) is 0.647. The van der Waals surface area contributed by atoms with E-state index < -0.39 is 0 Å². The highest BCUT2D eigenvalue weighted by Crippen LogP contribution is 2.31. The monoisotopic (exact) mass is 292 g/mol. The molecular formula is C17H25ClN2. The molecule has 0 radical (unpaired) electrons. The fourth-order valence-corrected chi connectivity index (χ4v) is 3.34. The van der Waals surface area contributed by atoms with Gasteiger partial charge in [-0.3, -0.25) is 0 Å². The zero-order valence-corrected chi connectivity index (χ0v) is 13.1. The van der Waals surface area contributed by atoms with Gasteiger partial charge in [0.2, 0.25) is 0 Å². The third-order valence-corrected chi connectivity index (χ3v) is 4.84. The van der Waals surface area contributed by atoms with E-state index in [0.717, 1.165) is 29.9 Å². The molecule has 20 heavy (non-hydrogen) atoms. The molecule has 1 aromatic rings. The van der Waals surface area contributed by atoms with Crippen molar-refractivity contribution >= 4 is 11.6 Å². The second kappa shape index (κ2) is 6.46. The first-order chi connectivity index (χ1) is 9.70. The summed E-state index contributed by atoms with van der Waals surface area (Å²) in [5.74, 6) is 0.850. The maximum atomic E-state index is 5.92. The van der Waals surface area contributed by atoms with Crippen molar-refractivity contribution in [3.63, 3.8) is 0 Å². The highest BCUT2D eigenvalue weighted by atomic mass is 35.5. The first kappa shape index (κ1) is 14.4. The van der Waals surface area contributed by atoms with E-state index in [9.17, 15) is 0 Å². The molecule has 1 aliphatic carbocycles. The third-order valence-electron chi connectivity index (χ3n) is 4.59. The van der Waals surface area contributed by atoms with E-state index in [2.05, 4.69) is 29.3 Å². The molecule has 1 heterocycles. The molecule has 0 bridgehead atoms. The number of nitrogens with zero attached hydrogens (tertiary/aromatic N) is 1. The Balaban J connectivity index is 1.38. The predicted octanol–water partition coefficient (Wildman–Crippen LogP) is 3.34. The molecule has 1 saturated carbocycles. The second-order valence-electron chi connectivity index (χ2n) is 6.52. The molecule has 1 N–H and O–H groups in total. The summed E-state index contributed by atoms with van der Waals surface area (Å²) >= 11 is 5.92.